The van der Waals surface area contributed by atoms with Gasteiger partial charge >= 0.3 is 0 Å². The van der Waals surface area contributed by atoms with Gasteiger partial charge in [-0.3, -0.25) is 9.98 Å². The van der Waals surface area contributed by atoms with E-state index in [-0.39, 0.29) is 17.0 Å². The van der Waals surface area contributed by atoms with E-state index in [2.05, 4.69) is 41.7 Å². The van der Waals surface area contributed by atoms with Crippen LogP contribution in [0.2, 0.25) is 0 Å². The third kappa shape index (κ3) is 5.98. The van der Waals surface area contributed by atoms with Gasteiger partial charge in [-0.2, -0.15) is 10.2 Å². The Morgan fingerprint density at radius 1 is 0.794 bits per heavy atom. The number of aliphatic imine (C=N–C) groups is 2. The number of guanidine groups is 2. The van der Waals surface area contributed by atoms with Crippen LogP contribution in [0.3, 0.4) is 0 Å². The van der Waals surface area contributed by atoms with Crippen molar-refractivity contribution in [2.45, 2.75) is 12.8 Å². The van der Waals surface area contributed by atoms with Crippen LogP contribution in [-0.2, 0) is 0 Å². The molecule has 0 spiro atoms. The van der Waals surface area contributed by atoms with Gasteiger partial charge in [0.15, 0.2) is 0 Å². The number of hydrazone groups is 2. The summed E-state index contributed by atoms with van der Waals surface area (Å²) in [6, 6.07) is 12.1. The van der Waals surface area contributed by atoms with E-state index < -0.39 is 0 Å². The standard InChI is InChI=1S/C23H26N10.BrH/c1-9-24-22(25-10-1)31-28-13-17-3-6-19(7-4-17)20-16-33-15-18(5-8-21(33)30-20)14-29-32-23-26-11-2-12-27-23;/h3-8,13-16H,1-2,9-12H2,(H2,24,25,31)(H2,26,27,32);1H. The molecule has 3 aromatic rings. The van der Waals surface area contributed by atoms with Crippen molar-refractivity contribution in [3.05, 3.63) is 59.9 Å². The van der Waals surface area contributed by atoms with E-state index in [1.54, 1.807) is 12.4 Å². The highest BCUT2D eigenvalue weighted by Crippen LogP contribution is 2.19. The minimum Gasteiger partial charge on any atom is -0.355 e. The zero-order chi connectivity index (χ0) is 22.3. The largest absolute Gasteiger partial charge is 0.355 e. The molecule has 0 saturated heterocycles. The number of hydrogen-bond acceptors (Lipinski definition) is 9. The van der Waals surface area contributed by atoms with Crippen LogP contribution in [-0.4, -0.2) is 59.9 Å². The fourth-order valence-corrected chi connectivity index (χ4v) is 3.52. The molecule has 0 radical (unpaired) electrons. The second kappa shape index (κ2) is 11.4. The minimum absolute atomic E-state index is 0. The summed E-state index contributed by atoms with van der Waals surface area (Å²) in [4.78, 5) is 13.4. The Kier molecular flexibility index (Phi) is 7.87. The third-order valence-corrected chi connectivity index (χ3v) is 5.24. The highest BCUT2D eigenvalue weighted by atomic mass is 79.9. The summed E-state index contributed by atoms with van der Waals surface area (Å²) in [6.07, 6.45) is 9.68. The molecular formula is C23H27BrN10. The number of rotatable bonds is 5. The topological polar surface area (TPSA) is 115 Å². The zero-order valence-corrected chi connectivity index (χ0v) is 20.3. The fraction of sp³-hybridized carbons (Fsp3) is 0.261. The smallest absolute Gasteiger partial charge is 0.212 e. The summed E-state index contributed by atoms with van der Waals surface area (Å²) in [5.41, 5.74) is 10.7. The monoisotopic (exact) mass is 522 g/mol. The van der Waals surface area contributed by atoms with Gasteiger partial charge in [-0.1, -0.05) is 24.3 Å². The van der Waals surface area contributed by atoms with Crippen LogP contribution >= 0.6 is 17.0 Å². The molecule has 0 unspecified atom stereocenters. The lowest BCUT2D eigenvalue weighted by Crippen LogP contribution is -2.38. The quantitative estimate of drug-likeness (QED) is 0.302. The molecule has 2 aromatic heterocycles. The fourth-order valence-electron chi connectivity index (χ4n) is 3.52. The lowest BCUT2D eigenvalue weighted by Gasteiger charge is -2.12. The molecule has 176 valence electrons. The molecule has 0 saturated carbocycles. The molecule has 10 nitrogen and oxygen atoms in total. The summed E-state index contributed by atoms with van der Waals surface area (Å²) in [7, 11) is 0. The van der Waals surface area contributed by atoms with Crippen LogP contribution in [0.1, 0.15) is 24.0 Å². The predicted octanol–water partition coefficient (Wildman–Crippen LogP) is 2.12. The van der Waals surface area contributed by atoms with Crippen LogP contribution in [0.4, 0.5) is 0 Å². The molecule has 4 heterocycles. The first kappa shape index (κ1) is 23.4. The number of nitrogens with one attached hydrogen (secondary N) is 4. The maximum atomic E-state index is 4.73. The van der Waals surface area contributed by atoms with Gasteiger partial charge in [0, 0.05) is 49.7 Å². The van der Waals surface area contributed by atoms with Gasteiger partial charge in [-0.25, -0.2) is 15.8 Å². The molecule has 11 heteroatoms. The summed E-state index contributed by atoms with van der Waals surface area (Å²) < 4.78 is 2.00. The van der Waals surface area contributed by atoms with Crippen molar-refractivity contribution in [2.24, 2.45) is 20.2 Å². The molecule has 0 fully saturated rings. The molecule has 5 rings (SSSR count). The first-order chi connectivity index (χ1) is 16.3. The van der Waals surface area contributed by atoms with Gasteiger partial charge in [0.25, 0.3) is 0 Å². The van der Waals surface area contributed by atoms with Crippen molar-refractivity contribution in [1.29, 1.82) is 0 Å². The molecule has 2 aliphatic heterocycles. The summed E-state index contributed by atoms with van der Waals surface area (Å²) in [5, 5.41) is 14.9. The zero-order valence-electron chi connectivity index (χ0n) is 18.6. The van der Waals surface area contributed by atoms with Crippen molar-refractivity contribution in [1.82, 2.24) is 30.9 Å². The lowest BCUT2D eigenvalue weighted by molar-refractivity contribution is 0.712. The number of pyridine rings is 1. The number of imidazole rings is 1. The average molecular weight is 523 g/mol. The molecule has 1 aromatic carbocycles. The van der Waals surface area contributed by atoms with E-state index >= 15 is 0 Å². The van der Waals surface area contributed by atoms with E-state index in [0.717, 1.165) is 73.0 Å². The maximum absolute atomic E-state index is 4.73. The number of aromatic nitrogens is 2. The molecule has 0 bridgehead atoms. The molecule has 4 N–H and O–H groups in total. The van der Waals surface area contributed by atoms with Gasteiger partial charge in [0.2, 0.25) is 11.9 Å². The summed E-state index contributed by atoms with van der Waals surface area (Å²) in [6.45, 7) is 3.50. The van der Waals surface area contributed by atoms with Gasteiger partial charge in [0.05, 0.1) is 18.1 Å². The third-order valence-electron chi connectivity index (χ3n) is 5.24. The van der Waals surface area contributed by atoms with Crippen LogP contribution in [0, 0.1) is 0 Å². The van der Waals surface area contributed by atoms with Crippen molar-refractivity contribution < 1.29 is 0 Å². The van der Waals surface area contributed by atoms with E-state index in [9.17, 15) is 0 Å². The lowest BCUT2D eigenvalue weighted by atomic mass is 10.1. The number of halogens is 1. The van der Waals surface area contributed by atoms with Gasteiger partial charge in [-0.05, 0) is 30.5 Å². The molecule has 2 aliphatic rings. The van der Waals surface area contributed by atoms with Gasteiger partial charge < -0.3 is 15.0 Å². The van der Waals surface area contributed by atoms with Crippen molar-refractivity contribution in [2.75, 3.05) is 26.2 Å². The Morgan fingerprint density at radius 2 is 1.41 bits per heavy atom. The normalized spacial score (nSPS) is 15.9. The Labute approximate surface area is 208 Å². The van der Waals surface area contributed by atoms with Crippen molar-refractivity contribution in [3.8, 4) is 11.3 Å². The SMILES string of the molecule is Br.C(=NNC1=NCCCN1)c1ccc(-c2cn3cc(C=NNC4=NCCCN4)ccc3n2)cc1. The van der Waals surface area contributed by atoms with Crippen LogP contribution in [0.15, 0.2) is 69.0 Å². The number of fused-ring (bicyclic) bond motifs is 1. The second-order valence-corrected chi connectivity index (χ2v) is 7.74. The number of hydrogen-bond donors (Lipinski definition) is 4. The number of nitrogens with zero attached hydrogens (tertiary/aromatic N) is 6. The highest BCUT2D eigenvalue weighted by Gasteiger charge is 2.06. The van der Waals surface area contributed by atoms with Gasteiger partial charge in [0.1, 0.15) is 5.65 Å². The molecule has 0 amide bonds. The van der Waals surface area contributed by atoms with E-state index in [1.807, 2.05) is 53.2 Å². The summed E-state index contributed by atoms with van der Waals surface area (Å²) in [5.74, 6) is 1.44. The average Bonchev–Trinajstić information content (AvgIpc) is 3.29. The predicted molar refractivity (Wildman–Crippen MR) is 142 cm³/mol. The van der Waals surface area contributed by atoms with E-state index in [1.165, 1.54) is 0 Å². The molecule has 0 aliphatic carbocycles. The van der Waals surface area contributed by atoms with Crippen LogP contribution in [0.25, 0.3) is 16.9 Å². The Bertz CT molecular complexity index is 1230. The molecular weight excluding hydrogens is 496 g/mol. The maximum Gasteiger partial charge on any atom is 0.212 e. The highest BCUT2D eigenvalue weighted by molar-refractivity contribution is 8.93. The van der Waals surface area contributed by atoms with Crippen LogP contribution < -0.4 is 21.5 Å². The van der Waals surface area contributed by atoms with E-state index in [4.69, 9.17) is 4.98 Å². The van der Waals surface area contributed by atoms with Crippen molar-refractivity contribution >= 4 is 47.0 Å². The Morgan fingerprint density at radius 3 is 2.03 bits per heavy atom. The van der Waals surface area contributed by atoms with Gasteiger partial charge in [-0.15, -0.1) is 17.0 Å². The van der Waals surface area contributed by atoms with Crippen LogP contribution in [0.5, 0.6) is 0 Å². The Hall–Kier alpha value is -3.73. The minimum atomic E-state index is 0. The Balaban J connectivity index is 0.00000274. The first-order valence-electron chi connectivity index (χ1n) is 11.1. The first-order valence-corrected chi connectivity index (χ1v) is 11.1. The summed E-state index contributed by atoms with van der Waals surface area (Å²) >= 11 is 0. The second-order valence-electron chi connectivity index (χ2n) is 7.74. The molecule has 0 atom stereocenters. The van der Waals surface area contributed by atoms with Crippen molar-refractivity contribution in [3.63, 3.8) is 0 Å². The molecule has 34 heavy (non-hydrogen) atoms. The number of benzene rings is 1. The van der Waals surface area contributed by atoms with E-state index in [0.29, 0.717) is 5.96 Å².